The number of hydrogen-bond acceptors (Lipinski definition) is 7. The van der Waals surface area contributed by atoms with E-state index in [9.17, 15) is 28.4 Å². The van der Waals surface area contributed by atoms with E-state index < -0.39 is 26.1 Å². The minimum absolute atomic E-state index is 0.00505. The van der Waals surface area contributed by atoms with Gasteiger partial charge in [0.25, 0.3) is 5.69 Å². The van der Waals surface area contributed by atoms with E-state index in [0.29, 0.717) is 32.1 Å². The number of nitro groups is 1. The van der Waals surface area contributed by atoms with E-state index in [4.69, 9.17) is 0 Å². The van der Waals surface area contributed by atoms with Crippen LogP contribution in [-0.2, 0) is 19.4 Å². The number of non-ortho nitro benzene ring substituents is 1. The van der Waals surface area contributed by atoms with E-state index >= 15 is 0 Å². The molecule has 0 bridgehead atoms. The molecule has 0 aliphatic heterocycles. The highest BCUT2D eigenvalue weighted by atomic mass is 32.2. The van der Waals surface area contributed by atoms with Gasteiger partial charge in [0.2, 0.25) is 0 Å². The fourth-order valence-corrected chi connectivity index (χ4v) is 5.59. The standard InChI is InChI=1S/C23H37NO7S/c1-3-4-5-10-13-22(21(25)12-9-7-6-8-11-14-23(26)31-2)32(29,30)20-17-15-19(16-18-20)24(27)28/h15-18,21-22,25H,3-14H2,1-2H3. The van der Waals surface area contributed by atoms with Crippen LogP contribution in [-0.4, -0.2) is 42.9 Å². The molecule has 1 aromatic carbocycles. The average Bonchev–Trinajstić information content (AvgIpc) is 2.77. The van der Waals surface area contributed by atoms with Crippen LogP contribution in [0.2, 0.25) is 0 Å². The zero-order valence-corrected chi connectivity index (χ0v) is 20.0. The summed E-state index contributed by atoms with van der Waals surface area (Å²) >= 11 is 0. The van der Waals surface area contributed by atoms with Gasteiger partial charge in [-0.25, -0.2) is 8.42 Å². The average molecular weight is 472 g/mol. The minimum Gasteiger partial charge on any atom is -0.469 e. The van der Waals surface area contributed by atoms with E-state index in [-0.39, 0.29) is 16.6 Å². The summed E-state index contributed by atoms with van der Waals surface area (Å²) in [5.74, 6) is -0.220. The van der Waals surface area contributed by atoms with Gasteiger partial charge in [0.05, 0.1) is 28.3 Å². The number of hydrogen-bond donors (Lipinski definition) is 1. The Morgan fingerprint density at radius 2 is 1.56 bits per heavy atom. The minimum atomic E-state index is -3.82. The lowest BCUT2D eigenvalue weighted by Crippen LogP contribution is -2.34. The molecule has 0 amide bonds. The first-order valence-electron chi connectivity index (χ1n) is 11.5. The van der Waals surface area contributed by atoms with Crippen molar-refractivity contribution < 1.29 is 28.0 Å². The number of sulfone groups is 1. The molecule has 182 valence electrons. The van der Waals surface area contributed by atoms with Crippen molar-refractivity contribution in [2.45, 2.75) is 100 Å². The Morgan fingerprint density at radius 1 is 1.00 bits per heavy atom. The smallest absolute Gasteiger partial charge is 0.305 e. The quantitative estimate of drug-likeness (QED) is 0.147. The number of rotatable bonds is 17. The number of nitro benzene ring substituents is 1. The van der Waals surface area contributed by atoms with Crippen LogP contribution in [0.25, 0.3) is 0 Å². The zero-order valence-electron chi connectivity index (χ0n) is 19.2. The van der Waals surface area contributed by atoms with Crippen molar-refractivity contribution >= 4 is 21.5 Å². The van der Waals surface area contributed by atoms with Gasteiger partial charge in [0.15, 0.2) is 9.84 Å². The van der Waals surface area contributed by atoms with Crippen molar-refractivity contribution in [1.82, 2.24) is 0 Å². The zero-order chi connectivity index (χ0) is 24.0. The van der Waals surface area contributed by atoms with Gasteiger partial charge in [-0.3, -0.25) is 14.9 Å². The fourth-order valence-electron chi connectivity index (χ4n) is 3.70. The fraction of sp³-hybridized carbons (Fsp3) is 0.696. The first-order chi connectivity index (χ1) is 15.2. The normalized spacial score (nSPS) is 13.5. The van der Waals surface area contributed by atoms with E-state index in [0.717, 1.165) is 44.9 Å². The molecule has 9 heteroatoms. The number of unbranched alkanes of at least 4 members (excludes halogenated alkanes) is 7. The topological polar surface area (TPSA) is 124 Å². The maximum atomic E-state index is 13.2. The highest BCUT2D eigenvalue weighted by Crippen LogP contribution is 2.27. The molecular formula is C23H37NO7S. The maximum Gasteiger partial charge on any atom is 0.305 e. The molecule has 1 N–H and O–H groups in total. The van der Waals surface area contributed by atoms with Gasteiger partial charge in [-0.05, 0) is 31.4 Å². The lowest BCUT2D eigenvalue weighted by molar-refractivity contribution is -0.384. The lowest BCUT2D eigenvalue weighted by atomic mass is 10.0. The Morgan fingerprint density at radius 3 is 2.16 bits per heavy atom. The predicted octanol–water partition coefficient (Wildman–Crippen LogP) is 4.97. The first-order valence-corrected chi connectivity index (χ1v) is 13.0. The molecule has 0 aliphatic rings. The second-order valence-electron chi connectivity index (χ2n) is 8.13. The maximum absolute atomic E-state index is 13.2. The Kier molecular flexibility index (Phi) is 13.1. The third-order valence-electron chi connectivity index (χ3n) is 5.65. The lowest BCUT2D eigenvalue weighted by Gasteiger charge is -2.23. The van der Waals surface area contributed by atoms with Crippen molar-refractivity contribution in [3.05, 3.63) is 34.4 Å². The summed E-state index contributed by atoms with van der Waals surface area (Å²) in [5, 5.41) is 20.7. The highest BCUT2D eigenvalue weighted by molar-refractivity contribution is 7.92. The highest BCUT2D eigenvalue weighted by Gasteiger charge is 2.33. The summed E-state index contributed by atoms with van der Waals surface area (Å²) in [5.41, 5.74) is -0.170. The van der Waals surface area contributed by atoms with Crippen LogP contribution in [0.1, 0.15) is 84.0 Å². The van der Waals surface area contributed by atoms with Gasteiger partial charge < -0.3 is 9.84 Å². The second-order valence-corrected chi connectivity index (χ2v) is 10.3. The van der Waals surface area contributed by atoms with Crippen molar-refractivity contribution in [3.63, 3.8) is 0 Å². The van der Waals surface area contributed by atoms with Crippen molar-refractivity contribution in [1.29, 1.82) is 0 Å². The number of aliphatic hydroxyl groups excluding tert-OH is 1. The summed E-state index contributed by atoms with van der Waals surface area (Å²) in [6.45, 7) is 2.07. The number of carbonyl (C=O) groups is 1. The number of nitrogens with zero attached hydrogens (tertiary/aromatic N) is 1. The second kappa shape index (κ2) is 14.9. The molecule has 0 radical (unpaired) electrons. The summed E-state index contributed by atoms with van der Waals surface area (Å²) in [6.07, 6.45) is 7.85. The SMILES string of the molecule is CCCCCCC(C(O)CCCCCCCC(=O)OC)S(=O)(=O)c1ccc([N+](=O)[O-])cc1. The van der Waals surface area contributed by atoms with Gasteiger partial charge >= 0.3 is 5.97 Å². The number of carbonyl (C=O) groups excluding carboxylic acids is 1. The third kappa shape index (κ3) is 9.65. The summed E-state index contributed by atoms with van der Waals surface area (Å²) < 4.78 is 31.0. The summed E-state index contributed by atoms with van der Waals surface area (Å²) in [6, 6.07) is 4.87. The van der Waals surface area contributed by atoms with Gasteiger partial charge in [-0.1, -0.05) is 58.3 Å². The predicted molar refractivity (Wildman–Crippen MR) is 123 cm³/mol. The van der Waals surface area contributed by atoms with E-state index in [1.165, 1.54) is 31.4 Å². The molecule has 0 saturated heterocycles. The van der Waals surface area contributed by atoms with Crippen molar-refractivity contribution in [2.24, 2.45) is 0 Å². The Labute approximate surface area is 191 Å². The van der Waals surface area contributed by atoms with Crippen LogP contribution in [0.4, 0.5) is 5.69 Å². The van der Waals surface area contributed by atoms with Gasteiger partial charge in [0.1, 0.15) is 0 Å². The Bertz CT molecular complexity index is 793. The van der Waals surface area contributed by atoms with Crippen LogP contribution in [0, 0.1) is 10.1 Å². The third-order valence-corrected chi connectivity index (χ3v) is 7.93. The van der Waals surface area contributed by atoms with Crippen LogP contribution < -0.4 is 0 Å². The molecular weight excluding hydrogens is 434 g/mol. The van der Waals surface area contributed by atoms with E-state index in [1.54, 1.807) is 0 Å². The number of benzene rings is 1. The molecule has 0 spiro atoms. The first kappa shape index (κ1) is 28.0. The Balaban J connectivity index is 2.71. The molecule has 0 aromatic heterocycles. The molecule has 0 heterocycles. The Hall–Kier alpha value is -2.00. The molecule has 2 atom stereocenters. The number of aliphatic hydroxyl groups is 1. The van der Waals surface area contributed by atoms with Gasteiger partial charge in [-0.2, -0.15) is 0 Å². The van der Waals surface area contributed by atoms with Crippen LogP contribution in [0.5, 0.6) is 0 Å². The largest absolute Gasteiger partial charge is 0.469 e. The molecule has 8 nitrogen and oxygen atoms in total. The van der Waals surface area contributed by atoms with Crippen molar-refractivity contribution in [3.8, 4) is 0 Å². The van der Waals surface area contributed by atoms with Crippen LogP contribution >= 0.6 is 0 Å². The molecule has 0 aliphatic carbocycles. The van der Waals surface area contributed by atoms with Crippen LogP contribution in [0.3, 0.4) is 0 Å². The molecule has 0 fully saturated rings. The molecule has 32 heavy (non-hydrogen) atoms. The van der Waals surface area contributed by atoms with Gasteiger partial charge in [0, 0.05) is 18.6 Å². The monoisotopic (exact) mass is 471 g/mol. The van der Waals surface area contributed by atoms with Crippen molar-refractivity contribution in [2.75, 3.05) is 7.11 Å². The molecule has 1 aromatic rings. The number of ether oxygens (including phenoxy) is 1. The van der Waals surface area contributed by atoms with Crippen LogP contribution in [0.15, 0.2) is 29.2 Å². The molecule has 2 unspecified atom stereocenters. The number of methoxy groups -OCH3 is 1. The van der Waals surface area contributed by atoms with E-state index in [2.05, 4.69) is 11.7 Å². The van der Waals surface area contributed by atoms with Gasteiger partial charge in [-0.15, -0.1) is 0 Å². The summed E-state index contributed by atoms with van der Waals surface area (Å²) in [4.78, 5) is 21.4. The molecule has 1 rings (SSSR count). The molecule has 0 saturated carbocycles. The number of esters is 1. The van der Waals surface area contributed by atoms with E-state index in [1.807, 2.05) is 0 Å². The summed E-state index contributed by atoms with van der Waals surface area (Å²) in [7, 11) is -2.45.